The largest absolute Gasteiger partial charge is 0.314 e. The third-order valence-electron chi connectivity index (χ3n) is 1.77. The zero-order valence-corrected chi connectivity index (χ0v) is 10.4. The van der Waals surface area contributed by atoms with Crippen LogP contribution in [0.5, 0.6) is 0 Å². The fourth-order valence-corrected chi connectivity index (χ4v) is 1.62. The van der Waals surface area contributed by atoms with Gasteiger partial charge in [0.1, 0.15) is 0 Å². The maximum Gasteiger partial charge on any atom is 0.0479 e. The van der Waals surface area contributed by atoms with E-state index in [0.717, 1.165) is 28.1 Å². The summed E-state index contributed by atoms with van der Waals surface area (Å²) in [6.07, 6.45) is 4.09. The first kappa shape index (κ1) is 11.8. The van der Waals surface area contributed by atoms with Gasteiger partial charge in [0.15, 0.2) is 0 Å². The highest BCUT2D eigenvalue weighted by Gasteiger charge is 1.96. The molecular formula is C11H13BrClN. The second-order valence-corrected chi connectivity index (χ2v) is 4.20. The molecule has 0 amide bonds. The molecule has 0 heterocycles. The Morgan fingerprint density at radius 3 is 3.00 bits per heavy atom. The lowest BCUT2D eigenvalue weighted by molar-refractivity contribution is 0.801. The molecule has 0 spiro atoms. The molecule has 1 aromatic rings. The Balaban J connectivity index is 2.65. The van der Waals surface area contributed by atoms with Crippen molar-refractivity contribution in [3.63, 3.8) is 0 Å². The average Bonchev–Trinajstić information content (AvgIpc) is 2.18. The topological polar surface area (TPSA) is 12.0 Å². The molecule has 0 aliphatic carbocycles. The van der Waals surface area contributed by atoms with Crippen LogP contribution in [0.25, 0.3) is 6.08 Å². The van der Waals surface area contributed by atoms with Gasteiger partial charge < -0.3 is 5.32 Å². The summed E-state index contributed by atoms with van der Waals surface area (Å²) in [7, 11) is 0. The monoisotopic (exact) mass is 273 g/mol. The Morgan fingerprint density at radius 1 is 1.50 bits per heavy atom. The number of benzene rings is 1. The highest BCUT2D eigenvalue weighted by atomic mass is 79.9. The molecule has 0 unspecified atom stereocenters. The summed E-state index contributed by atoms with van der Waals surface area (Å²) >= 11 is 9.43. The van der Waals surface area contributed by atoms with Crippen molar-refractivity contribution in [2.24, 2.45) is 0 Å². The van der Waals surface area contributed by atoms with Crippen LogP contribution in [-0.4, -0.2) is 13.1 Å². The van der Waals surface area contributed by atoms with Crippen LogP contribution < -0.4 is 5.32 Å². The molecule has 1 nitrogen and oxygen atoms in total. The second-order valence-electron chi connectivity index (χ2n) is 2.88. The minimum Gasteiger partial charge on any atom is -0.314 e. The van der Waals surface area contributed by atoms with E-state index in [9.17, 15) is 0 Å². The van der Waals surface area contributed by atoms with E-state index in [4.69, 9.17) is 11.6 Å². The third-order valence-corrected chi connectivity index (χ3v) is 2.61. The second kappa shape index (κ2) is 6.23. The number of rotatable bonds is 4. The number of halogens is 2. The summed E-state index contributed by atoms with van der Waals surface area (Å²) < 4.78 is 1.05. The normalized spacial score (nSPS) is 11.1. The first-order valence-electron chi connectivity index (χ1n) is 4.56. The molecule has 14 heavy (non-hydrogen) atoms. The molecule has 1 rings (SSSR count). The van der Waals surface area contributed by atoms with Gasteiger partial charge in [-0.25, -0.2) is 0 Å². The molecule has 0 atom stereocenters. The molecule has 0 saturated carbocycles. The predicted molar refractivity (Wildman–Crippen MR) is 66.7 cm³/mol. The molecule has 1 aromatic carbocycles. The lowest BCUT2D eigenvalue weighted by Crippen LogP contribution is -2.11. The maximum absolute atomic E-state index is 6.02. The molecular weight excluding hydrogens is 261 g/mol. The molecule has 0 fully saturated rings. The van der Waals surface area contributed by atoms with Crippen LogP contribution in [0.2, 0.25) is 5.02 Å². The van der Waals surface area contributed by atoms with E-state index in [1.165, 1.54) is 0 Å². The van der Waals surface area contributed by atoms with Crippen molar-refractivity contribution in [2.45, 2.75) is 6.92 Å². The summed E-state index contributed by atoms with van der Waals surface area (Å²) in [6, 6.07) is 5.83. The summed E-state index contributed by atoms with van der Waals surface area (Å²) in [5, 5.41) is 3.99. The van der Waals surface area contributed by atoms with Gasteiger partial charge in [0.2, 0.25) is 0 Å². The standard InChI is InChI=1S/C11H13BrClN/c1-2-14-7-3-4-9-8-10(12)5-6-11(9)13/h3-6,8,14H,2,7H2,1H3/b4-3+. The van der Waals surface area contributed by atoms with Crippen LogP contribution in [0.3, 0.4) is 0 Å². The first-order valence-corrected chi connectivity index (χ1v) is 5.73. The van der Waals surface area contributed by atoms with Gasteiger partial charge in [-0.3, -0.25) is 0 Å². The molecule has 0 aliphatic rings. The first-order chi connectivity index (χ1) is 6.74. The van der Waals surface area contributed by atoms with E-state index in [1.807, 2.05) is 24.3 Å². The summed E-state index contributed by atoms with van der Waals surface area (Å²) in [5.41, 5.74) is 1.04. The van der Waals surface area contributed by atoms with Crippen molar-refractivity contribution < 1.29 is 0 Å². The van der Waals surface area contributed by atoms with Crippen molar-refractivity contribution in [3.8, 4) is 0 Å². The number of likely N-dealkylation sites (N-methyl/N-ethyl adjacent to an activating group) is 1. The highest BCUT2D eigenvalue weighted by Crippen LogP contribution is 2.21. The SMILES string of the molecule is CCNC/C=C/c1cc(Br)ccc1Cl. The van der Waals surface area contributed by atoms with Gasteiger partial charge in [-0.15, -0.1) is 0 Å². The van der Waals surface area contributed by atoms with Gasteiger partial charge in [-0.05, 0) is 30.3 Å². The highest BCUT2D eigenvalue weighted by molar-refractivity contribution is 9.10. The molecule has 0 aromatic heterocycles. The molecule has 0 saturated heterocycles. The van der Waals surface area contributed by atoms with E-state index in [0.29, 0.717) is 0 Å². The Kier molecular flexibility index (Phi) is 5.23. The van der Waals surface area contributed by atoms with Crippen molar-refractivity contribution in [1.29, 1.82) is 0 Å². The van der Waals surface area contributed by atoms with Gasteiger partial charge in [-0.2, -0.15) is 0 Å². The van der Waals surface area contributed by atoms with E-state index >= 15 is 0 Å². The smallest absolute Gasteiger partial charge is 0.0479 e. The van der Waals surface area contributed by atoms with E-state index < -0.39 is 0 Å². The van der Waals surface area contributed by atoms with Crippen molar-refractivity contribution in [2.75, 3.05) is 13.1 Å². The Labute approximate surface area is 98.3 Å². The number of nitrogens with one attached hydrogen (secondary N) is 1. The number of hydrogen-bond acceptors (Lipinski definition) is 1. The molecule has 3 heteroatoms. The zero-order chi connectivity index (χ0) is 10.4. The molecule has 0 radical (unpaired) electrons. The van der Waals surface area contributed by atoms with Crippen LogP contribution in [0.15, 0.2) is 28.7 Å². The quantitative estimate of drug-likeness (QED) is 0.825. The fourth-order valence-electron chi connectivity index (χ4n) is 1.06. The molecule has 0 aliphatic heterocycles. The van der Waals surface area contributed by atoms with Crippen LogP contribution >= 0.6 is 27.5 Å². The van der Waals surface area contributed by atoms with E-state index in [1.54, 1.807) is 0 Å². The van der Waals surface area contributed by atoms with E-state index in [2.05, 4.69) is 34.2 Å². The molecule has 1 N–H and O–H groups in total. The Morgan fingerprint density at radius 2 is 2.29 bits per heavy atom. The minimum absolute atomic E-state index is 0.779. The van der Waals surface area contributed by atoms with Gasteiger partial charge in [0.25, 0.3) is 0 Å². The van der Waals surface area contributed by atoms with Gasteiger partial charge in [0.05, 0.1) is 0 Å². The summed E-state index contributed by atoms with van der Waals surface area (Å²) in [5.74, 6) is 0. The molecule has 0 bridgehead atoms. The Bertz CT molecular complexity index is 323. The van der Waals surface area contributed by atoms with Crippen molar-refractivity contribution in [1.82, 2.24) is 5.32 Å². The lowest BCUT2D eigenvalue weighted by atomic mass is 10.2. The lowest BCUT2D eigenvalue weighted by Gasteiger charge is -1.99. The summed E-state index contributed by atoms with van der Waals surface area (Å²) in [4.78, 5) is 0. The third kappa shape index (κ3) is 3.82. The zero-order valence-electron chi connectivity index (χ0n) is 8.06. The minimum atomic E-state index is 0.779. The fraction of sp³-hybridized carbons (Fsp3) is 0.273. The average molecular weight is 275 g/mol. The van der Waals surface area contributed by atoms with Crippen molar-refractivity contribution in [3.05, 3.63) is 39.3 Å². The predicted octanol–water partition coefficient (Wildman–Crippen LogP) is 3.73. The van der Waals surface area contributed by atoms with Crippen LogP contribution in [0, 0.1) is 0 Å². The van der Waals surface area contributed by atoms with Gasteiger partial charge >= 0.3 is 0 Å². The van der Waals surface area contributed by atoms with Crippen LogP contribution in [-0.2, 0) is 0 Å². The molecule has 76 valence electrons. The van der Waals surface area contributed by atoms with Gasteiger partial charge in [0, 0.05) is 16.0 Å². The van der Waals surface area contributed by atoms with Crippen molar-refractivity contribution >= 4 is 33.6 Å². The Hall–Kier alpha value is -0.310. The van der Waals surface area contributed by atoms with Crippen LogP contribution in [0.1, 0.15) is 12.5 Å². The number of hydrogen-bond donors (Lipinski definition) is 1. The maximum atomic E-state index is 6.02. The van der Waals surface area contributed by atoms with Gasteiger partial charge in [-0.1, -0.05) is 46.6 Å². The summed E-state index contributed by atoms with van der Waals surface area (Å²) in [6.45, 7) is 3.94. The van der Waals surface area contributed by atoms with Crippen LogP contribution in [0.4, 0.5) is 0 Å². The van der Waals surface area contributed by atoms with E-state index in [-0.39, 0.29) is 0 Å².